The third-order valence-electron chi connectivity index (χ3n) is 20.9. The largest absolute Gasteiger partial charge is 1.00 e. The Morgan fingerprint density at radius 2 is 1.29 bits per heavy atom. The Bertz CT molecular complexity index is 2430. The first kappa shape index (κ1) is 68.2. The van der Waals surface area contributed by atoms with Crippen molar-refractivity contribution in [2.75, 3.05) is 26.9 Å². The second kappa shape index (κ2) is 24.8. The van der Waals surface area contributed by atoms with E-state index in [0.717, 1.165) is 5.57 Å². The number of aliphatic hydroxyl groups excluding tert-OH is 11. The van der Waals surface area contributed by atoms with Gasteiger partial charge in [-0.3, -0.25) is 8.98 Å². The summed E-state index contributed by atoms with van der Waals surface area (Å²) in [6.45, 7) is 12.7. The SMILES string of the molecule is COC1C(O)C(CO)OC(OC2C(O)C(CO)OC(OC3C(C)OC(OC4C(O[C@H]5CC[C@]6(C)C7=C[C@H](O)C89C(=O)O[C@@](C)(C(O)CCC(C)C)[C@@]8(O)CC[C@@]9(C)C7CCC6C5(C)C)OCC(OS(=O)(=O)[O-])C4O)C(O)C3O)C2O)C1O.[Na+]. The number of ether oxygens (including phenoxy) is 10. The van der Waals surface area contributed by atoms with E-state index >= 15 is 0 Å². The number of cyclic esters (lactones) is 1. The van der Waals surface area contributed by atoms with E-state index in [-0.39, 0.29) is 60.2 Å². The molecule has 0 aromatic heterocycles. The number of aliphatic hydroxyl groups is 12. The predicted octanol–water partition coefficient (Wildman–Crippen LogP) is -5.76. The van der Waals surface area contributed by atoms with Crippen molar-refractivity contribution in [2.45, 2.75) is 253 Å². The quantitative estimate of drug-likeness (QED) is 0.0161. The molecule has 83 heavy (non-hydrogen) atoms. The smallest absolute Gasteiger partial charge is 0.726 e. The van der Waals surface area contributed by atoms with Gasteiger partial charge in [0.25, 0.3) is 0 Å². The molecule has 9 aliphatic rings. The van der Waals surface area contributed by atoms with Crippen LogP contribution >= 0.6 is 0 Å². The minimum atomic E-state index is -5.45. The maximum Gasteiger partial charge on any atom is 1.00 e. The summed E-state index contributed by atoms with van der Waals surface area (Å²) in [7, 11) is -4.28. The fourth-order valence-electron chi connectivity index (χ4n) is 16.4. The van der Waals surface area contributed by atoms with Gasteiger partial charge in [-0.1, -0.05) is 53.2 Å². The number of carbonyl (C=O) groups excluding carboxylic acids is 1. The Morgan fingerprint density at radius 3 is 1.88 bits per heavy atom. The molecule has 0 aromatic rings. The Labute approximate surface area is 505 Å². The molecule has 5 heterocycles. The second-order valence-corrected chi connectivity index (χ2v) is 27.1. The standard InChI is InChI=1S/C54H88O27S.Na/c1-22(2)10-13-30(57)52(8)53(67)17-16-51(7)24-11-12-29-49(4,5)32(14-15-50(29,6)25(24)18-31(58)54(51,53)48(66)80-52)76-47-43(35(61)28(21-72-47)81-82(68,69)70)79-44-37(63)36(62)40(23(3)73-44)77-46-39(65)42(34(60)27(20-56)75-46)78-45-38(64)41(71-9)33(59)26(19-55)74-45;/h18,22-24,26-47,55-65,67H,10-17,19-21H2,1-9H3,(H,68,69,70);/q;+1/p-1/t23?,24?,26?,27?,28?,29?,30?,31-,32-,33?,34?,35?,36?,37?,38?,39?,40?,41?,42?,43?,44?,45?,46?,47?,50+,51-,52-,53-,54?;/m0./s1. The van der Waals surface area contributed by atoms with Gasteiger partial charge in [-0.2, -0.15) is 0 Å². The van der Waals surface area contributed by atoms with Gasteiger partial charge in [0.15, 0.2) is 30.8 Å². The van der Waals surface area contributed by atoms with E-state index in [1.54, 1.807) is 13.0 Å². The van der Waals surface area contributed by atoms with Crippen LogP contribution in [0.3, 0.4) is 0 Å². The van der Waals surface area contributed by atoms with Crippen LogP contribution in [0.1, 0.15) is 107 Å². The molecule has 0 radical (unpaired) electrons. The molecule has 472 valence electrons. The molecule has 23 unspecified atom stereocenters. The van der Waals surface area contributed by atoms with E-state index in [1.165, 1.54) is 14.0 Å². The van der Waals surface area contributed by atoms with Crippen LogP contribution in [0.15, 0.2) is 11.6 Å². The molecule has 29 heteroatoms. The van der Waals surface area contributed by atoms with E-state index in [2.05, 4.69) is 11.1 Å². The van der Waals surface area contributed by atoms with Crippen molar-refractivity contribution in [3.05, 3.63) is 11.6 Å². The molecule has 5 saturated heterocycles. The van der Waals surface area contributed by atoms with Crippen molar-refractivity contribution in [1.29, 1.82) is 0 Å². The van der Waals surface area contributed by atoms with E-state index in [9.17, 15) is 79.0 Å². The summed E-state index contributed by atoms with van der Waals surface area (Å²) < 4.78 is 99.5. The first-order chi connectivity index (χ1) is 38.2. The molecular formula is C54H87NaO27S. The van der Waals surface area contributed by atoms with Gasteiger partial charge in [-0.05, 0) is 99.2 Å². The number of fused-ring (bicyclic) bond motifs is 4. The van der Waals surface area contributed by atoms with Crippen LogP contribution in [0.4, 0.5) is 0 Å². The Kier molecular flexibility index (Phi) is 20.4. The first-order valence-electron chi connectivity index (χ1n) is 28.6. The zero-order valence-corrected chi connectivity index (χ0v) is 51.5. The monoisotopic (exact) mass is 1220 g/mol. The molecule has 4 aliphatic carbocycles. The second-order valence-electron chi connectivity index (χ2n) is 26.1. The van der Waals surface area contributed by atoms with E-state index in [4.69, 9.17) is 47.4 Å². The van der Waals surface area contributed by atoms with Gasteiger partial charge in [0.05, 0.1) is 44.2 Å². The Hall–Kier alpha value is -0.760. The van der Waals surface area contributed by atoms with Gasteiger partial charge in [-0.25, -0.2) is 8.42 Å². The summed E-state index contributed by atoms with van der Waals surface area (Å²) >= 11 is 0. The zero-order valence-electron chi connectivity index (χ0n) is 48.7. The van der Waals surface area contributed by atoms with E-state index < -0.39 is 204 Å². The molecule has 0 aromatic carbocycles. The minimum absolute atomic E-state index is 0. The average Bonchev–Trinajstić information content (AvgIpc) is 1.51. The summed E-state index contributed by atoms with van der Waals surface area (Å²) in [5.74, 6) is -0.924. The molecule has 5 aliphatic heterocycles. The van der Waals surface area contributed by atoms with Crippen molar-refractivity contribution < 1.29 is 160 Å². The summed E-state index contributed by atoms with van der Waals surface area (Å²) in [4.78, 5) is 14.5. The minimum Gasteiger partial charge on any atom is -0.726 e. The Morgan fingerprint density at radius 1 is 0.711 bits per heavy atom. The maximum atomic E-state index is 14.5. The third-order valence-corrected chi connectivity index (χ3v) is 21.4. The van der Waals surface area contributed by atoms with Crippen molar-refractivity contribution in [3.63, 3.8) is 0 Å². The predicted molar refractivity (Wildman–Crippen MR) is 273 cm³/mol. The Balaban J connectivity index is 0.00000900. The van der Waals surface area contributed by atoms with Gasteiger partial charge in [0.1, 0.15) is 96.5 Å². The topological polar surface area (TPSA) is 419 Å². The number of esters is 1. The van der Waals surface area contributed by atoms with Crippen LogP contribution < -0.4 is 29.6 Å². The van der Waals surface area contributed by atoms with Crippen molar-refractivity contribution in [2.24, 2.45) is 39.4 Å². The molecule has 29 atom stereocenters. The summed E-state index contributed by atoms with van der Waals surface area (Å²) in [5, 5.41) is 136. The van der Waals surface area contributed by atoms with Crippen LogP contribution in [-0.4, -0.2) is 253 Å². The number of methoxy groups -OCH3 is 1. The third kappa shape index (κ3) is 11.1. The molecule has 0 bridgehead atoms. The van der Waals surface area contributed by atoms with Crippen LogP contribution in [0, 0.1) is 39.4 Å². The van der Waals surface area contributed by atoms with Crippen LogP contribution in [-0.2, 0) is 66.7 Å². The molecule has 8 fully saturated rings. The van der Waals surface area contributed by atoms with Crippen molar-refractivity contribution in [1.82, 2.24) is 0 Å². The van der Waals surface area contributed by atoms with Crippen LogP contribution in [0.2, 0.25) is 0 Å². The summed E-state index contributed by atoms with van der Waals surface area (Å²) in [6.07, 6.45) is -30.9. The van der Waals surface area contributed by atoms with Crippen molar-refractivity contribution >= 4 is 16.4 Å². The van der Waals surface area contributed by atoms with Gasteiger partial charge in [0.2, 0.25) is 10.4 Å². The molecule has 12 N–H and O–H groups in total. The average molecular weight is 1220 g/mol. The normalized spacial score (nSPS) is 51.0. The fraction of sp³-hybridized carbons (Fsp3) is 0.944. The van der Waals surface area contributed by atoms with Gasteiger partial charge in [-0.15, -0.1) is 0 Å². The number of allylic oxidation sites excluding steroid dienone is 1. The van der Waals surface area contributed by atoms with Crippen molar-refractivity contribution in [3.8, 4) is 0 Å². The zero-order chi connectivity index (χ0) is 60.4. The summed E-state index contributed by atoms with van der Waals surface area (Å²) in [6, 6.07) is 0. The molecule has 1 spiro atoms. The van der Waals surface area contributed by atoms with Gasteiger partial charge < -0.3 is 113 Å². The molecule has 0 amide bonds. The number of rotatable bonds is 17. The van der Waals surface area contributed by atoms with Crippen LogP contribution in [0.5, 0.6) is 0 Å². The number of carbonyl (C=O) groups is 1. The van der Waals surface area contributed by atoms with E-state index in [1.807, 2.05) is 34.6 Å². The number of hydrogen-bond donors (Lipinski definition) is 12. The molecule has 3 saturated carbocycles. The molecule has 27 nitrogen and oxygen atoms in total. The van der Waals surface area contributed by atoms with E-state index in [0.29, 0.717) is 38.5 Å². The summed E-state index contributed by atoms with van der Waals surface area (Å²) in [5.41, 5.74) is -6.70. The van der Waals surface area contributed by atoms with Gasteiger partial charge in [0, 0.05) is 7.11 Å². The van der Waals surface area contributed by atoms with Gasteiger partial charge >= 0.3 is 35.5 Å². The molecule has 9 rings (SSSR count). The first-order valence-corrected chi connectivity index (χ1v) is 29.9. The van der Waals surface area contributed by atoms with Crippen LogP contribution in [0.25, 0.3) is 0 Å². The fourth-order valence-corrected chi connectivity index (χ4v) is 16.8. The molecular weight excluding hydrogens is 1140 g/mol. The number of hydrogen-bond acceptors (Lipinski definition) is 27. The maximum absolute atomic E-state index is 14.5.